The average molecular weight is 492 g/mol. The van der Waals surface area contributed by atoms with E-state index in [0.717, 1.165) is 21.9 Å². The van der Waals surface area contributed by atoms with Gasteiger partial charge in [0.2, 0.25) is 15.9 Å². The molecule has 0 aliphatic heterocycles. The van der Waals surface area contributed by atoms with Crippen molar-refractivity contribution >= 4 is 43.9 Å². The number of carbonyl (C=O) groups excluding carboxylic acids is 2. The summed E-state index contributed by atoms with van der Waals surface area (Å²) in [7, 11) is -4.01. The van der Waals surface area contributed by atoms with Gasteiger partial charge in [0, 0.05) is 28.9 Å². The second kappa shape index (κ2) is 10.4. The molecule has 1 heterocycles. The Morgan fingerprint density at radius 1 is 1.00 bits per heavy atom. The number of hydrogen-bond donors (Lipinski definition) is 3. The van der Waals surface area contributed by atoms with Crippen LogP contribution in [-0.2, 0) is 26.0 Å². The summed E-state index contributed by atoms with van der Waals surface area (Å²) in [4.78, 5) is 28.4. The van der Waals surface area contributed by atoms with Crippen molar-refractivity contribution in [3.05, 3.63) is 78.5 Å². The molecule has 3 atom stereocenters. The maximum absolute atomic E-state index is 13.4. The highest BCUT2D eigenvalue weighted by Gasteiger charge is 2.31. The van der Waals surface area contributed by atoms with Gasteiger partial charge in [-0.3, -0.25) is 4.79 Å². The smallest absolute Gasteiger partial charge is 0.241 e. The van der Waals surface area contributed by atoms with Crippen LogP contribution in [0.5, 0.6) is 0 Å². The van der Waals surface area contributed by atoms with Crippen molar-refractivity contribution in [2.45, 2.75) is 43.7 Å². The van der Waals surface area contributed by atoms with Crippen LogP contribution in [0.15, 0.2) is 77.8 Å². The quantitative estimate of drug-likeness (QED) is 0.292. The van der Waals surface area contributed by atoms with E-state index < -0.39 is 28.0 Å². The van der Waals surface area contributed by atoms with E-state index in [1.807, 2.05) is 62.5 Å². The lowest BCUT2D eigenvalue weighted by atomic mass is 9.98. The molecular weight excluding hydrogens is 462 g/mol. The van der Waals surface area contributed by atoms with E-state index in [4.69, 9.17) is 0 Å². The Morgan fingerprint density at radius 3 is 2.43 bits per heavy atom. The summed E-state index contributed by atoms with van der Waals surface area (Å²) in [6.45, 7) is 3.70. The van der Waals surface area contributed by atoms with Crippen molar-refractivity contribution < 1.29 is 18.0 Å². The highest BCUT2D eigenvalue weighted by Crippen LogP contribution is 2.24. The number of nitrogens with one attached hydrogen (secondary N) is 3. The minimum Gasteiger partial charge on any atom is -0.361 e. The highest BCUT2D eigenvalue weighted by atomic mass is 32.2. The molecule has 0 aliphatic carbocycles. The summed E-state index contributed by atoms with van der Waals surface area (Å²) in [5.74, 6) is -0.819. The molecule has 0 saturated heterocycles. The topological polar surface area (TPSA) is 108 Å². The number of carbonyl (C=O) groups is 2. The Balaban J connectivity index is 1.56. The molecule has 0 radical (unpaired) electrons. The van der Waals surface area contributed by atoms with Crippen molar-refractivity contribution in [1.82, 2.24) is 15.0 Å². The molecule has 7 nitrogen and oxygen atoms in total. The molecule has 0 spiro atoms. The number of hydrogen-bond acceptors (Lipinski definition) is 4. The maximum atomic E-state index is 13.4. The van der Waals surface area contributed by atoms with E-state index in [1.165, 1.54) is 6.07 Å². The van der Waals surface area contributed by atoms with Gasteiger partial charge in [-0.15, -0.1) is 0 Å². The minimum absolute atomic E-state index is 0.113. The lowest BCUT2D eigenvalue weighted by Crippen LogP contribution is -2.53. The van der Waals surface area contributed by atoms with Crippen molar-refractivity contribution in [2.75, 3.05) is 0 Å². The van der Waals surface area contributed by atoms with Crippen molar-refractivity contribution in [3.63, 3.8) is 0 Å². The van der Waals surface area contributed by atoms with Gasteiger partial charge in [0.1, 0.15) is 12.3 Å². The Hall–Kier alpha value is -3.49. The molecule has 1 aromatic heterocycles. The molecule has 8 heteroatoms. The number of benzene rings is 3. The van der Waals surface area contributed by atoms with E-state index in [2.05, 4.69) is 15.0 Å². The summed E-state index contributed by atoms with van der Waals surface area (Å²) in [5.41, 5.74) is 1.84. The zero-order valence-corrected chi connectivity index (χ0v) is 20.5. The molecule has 3 aromatic carbocycles. The second-order valence-electron chi connectivity index (χ2n) is 8.78. The molecule has 4 aromatic rings. The molecular formula is C27H29N3O4S. The summed E-state index contributed by atoms with van der Waals surface area (Å²) in [6, 6.07) is 18.1. The lowest BCUT2D eigenvalue weighted by Gasteiger charge is -2.25. The van der Waals surface area contributed by atoms with E-state index in [1.54, 1.807) is 18.2 Å². The highest BCUT2D eigenvalue weighted by molar-refractivity contribution is 7.89. The standard InChI is InChI=1S/C27H29N3O4S/c1-3-18(2)26(30-35(33,34)25-14-8-10-19-9-4-5-12-23(19)25)27(32)29-21(17-31)15-20-16-28-24-13-7-6-11-22(20)24/h4-14,16-18,21,26,28,30H,3,15H2,1-2H3,(H,29,32)/t18?,21-,26-/m0/s1. The van der Waals surface area contributed by atoms with Crippen LogP contribution in [0, 0.1) is 5.92 Å². The summed E-state index contributed by atoms with van der Waals surface area (Å²) >= 11 is 0. The molecule has 0 bridgehead atoms. The molecule has 0 fully saturated rings. The van der Waals surface area contributed by atoms with E-state index >= 15 is 0 Å². The van der Waals surface area contributed by atoms with Crippen LogP contribution in [0.1, 0.15) is 25.8 Å². The normalized spacial score (nSPS) is 14.5. The Kier molecular flexibility index (Phi) is 7.33. The number of H-pyrrole nitrogens is 1. The van der Waals surface area contributed by atoms with Gasteiger partial charge in [0.05, 0.1) is 10.9 Å². The first kappa shape index (κ1) is 24.6. The molecule has 0 aliphatic rings. The molecule has 182 valence electrons. The first-order valence-corrected chi connectivity index (χ1v) is 13.1. The average Bonchev–Trinajstić information content (AvgIpc) is 3.28. The van der Waals surface area contributed by atoms with Gasteiger partial charge in [0.15, 0.2) is 0 Å². The molecule has 1 unspecified atom stereocenters. The number of para-hydroxylation sites is 1. The summed E-state index contributed by atoms with van der Waals surface area (Å²) < 4.78 is 29.4. The van der Waals surface area contributed by atoms with Gasteiger partial charge in [-0.2, -0.15) is 4.72 Å². The van der Waals surface area contributed by atoms with Crippen LogP contribution >= 0.6 is 0 Å². The van der Waals surface area contributed by atoms with Crippen LogP contribution in [-0.4, -0.2) is 37.7 Å². The van der Waals surface area contributed by atoms with Gasteiger partial charge in [-0.05, 0) is 29.0 Å². The number of rotatable bonds is 10. The predicted molar refractivity (Wildman–Crippen MR) is 138 cm³/mol. The number of aromatic nitrogens is 1. The third-order valence-corrected chi connectivity index (χ3v) is 7.92. The van der Waals surface area contributed by atoms with Gasteiger partial charge >= 0.3 is 0 Å². The SMILES string of the molecule is CCC(C)[C@H](NS(=O)(=O)c1cccc2ccccc12)C(=O)N[C@H](C=O)Cc1c[nH]c2ccccc12. The van der Waals surface area contributed by atoms with Gasteiger partial charge in [0.25, 0.3) is 0 Å². The number of aldehydes is 1. The van der Waals surface area contributed by atoms with Crippen LogP contribution in [0.2, 0.25) is 0 Å². The zero-order valence-electron chi connectivity index (χ0n) is 19.7. The van der Waals surface area contributed by atoms with Gasteiger partial charge in [-0.25, -0.2) is 8.42 Å². The largest absolute Gasteiger partial charge is 0.361 e. The van der Waals surface area contributed by atoms with Crippen LogP contribution < -0.4 is 10.0 Å². The number of amides is 1. The molecule has 4 rings (SSSR count). The van der Waals surface area contributed by atoms with Crippen molar-refractivity contribution in [3.8, 4) is 0 Å². The van der Waals surface area contributed by atoms with Crippen molar-refractivity contribution in [1.29, 1.82) is 0 Å². The summed E-state index contributed by atoms with van der Waals surface area (Å²) in [6.07, 6.45) is 3.38. The third-order valence-electron chi connectivity index (χ3n) is 6.42. The fourth-order valence-corrected chi connectivity index (χ4v) is 5.80. The van der Waals surface area contributed by atoms with Crippen LogP contribution in [0.3, 0.4) is 0 Å². The monoisotopic (exact) mass is 491 g/mol. The molecule has 35 heavy (non-hydrogen) atoms. The Bertz CT molecular complexity index is 1460. The second-order valence-corrected chi connectivity index (χ2v) is 10.5. The number of aromatic amines is 1. The third kappa shape index (κ3) is 5.28. The minimum atomic E-state index is -4.01. The fraction of sp³-hybridized carbons (Fsp3) is 0.259. The van der Waals surface area contributed by atoms with Gasteiger partial charge < -0.3 is 15.1 Å². The van der Waals surface area contributed by atoms with Crippen LogP contribution in [0.25, 0.3) is 21.7 Å². The molecule has 1 amide bonds. The number of fused-ring (bicyclic) bond motifs is 2. The first-order chi connectivity index (χ1) is 16.8. The Morgan fingerprint density at radius 2 is 1.69 bits per heavy atom. The Labute approximate surface area is 205 Å². The summed E-state index contributed by atoms with van der Waals surface area (Å²) in [5, 5.41) is 5.09. The van der Waals surface area contributed by atoms with Crippen LogP contribution in [0.4, 0.5) is 0 Å². The van der Waals surface area contributed by atoms with Gasteiger partial charge in [-0.1, -0.05) is 74.9 Å². The van der Waals surface area contributed by atoms with E-state index in [-0.39, 0.29) is 10.8 Å². The first-order valence-electron chi connectivity index (χ1n) is 11.6. The predicted octanol–water partition coefficient (Wildman–Crippen LogP) is 3.94. The molecule has 3 N–H and O–H groups in total. The lowest BCUT2D eigenvalue weighted by molar-refractivity contribution is -0.126. The fourth-order valence-electron chi connectivity index (χ4n) is 4.27. The number of sulfonamides is 1. The zero-order chi connectivity index (χ0) is 25.0. The maximum Gasteiger partial charge on any atom is 0.241 e. The van der Waals surface area contributed by atoms with Crippen molar-refractivity contribution in [2.24, 2.45) is 5.92 Å². The van der Waals surface area contributed by atoms with E-state index in [0.29, 0.717) is 24.5 Å². The van der Waals surface area contributed by atoms with E-state index in [9.17, 15) is 18.0 Å². The molecule has 0 saturated carbocycles.